The van der Waals surface area contributed by atoms with Gasteiger partial charge in [0.15, 0.2) is 11.6 Å². The molecule has 90 valence electrons. The van der Waals surface area contributed by atoms with Gasteiger partial charge in [-0.1, -0.05) is 0 Å². The zero-order valence-electron chi connectivity index (χ0n) is 9.60. The third kappa shape index (κ3) is 2.62. The lowest BCUT2D eigenvalue weighted by molar-refractivity contribution is 0.415. The zero-order chi connectivity index (χ0) is 12.3. The average Bonchev–Trinajstić information content (AvgIpc) is 2.72. The van der Waals surface area contributed by atoms with E-state index in [-0.39, 0.29) is 0 Å². The number of anilines is 2. The number of hydrogen-bond acceptors (Lipinski definition) is 7. The first kappa shape index (κ1) is 11.6. The van der Waals surface area contributed by atoms with Crippen molar-refractivity contribution in [3.8, 4) is 5.75 Å². The topological polar surface area (TPSA) is 86.0 Å². The van der Waals surface area contributed by atoms with Gasteiger partial charge in [0, 0.05) is 11.1 Å². The van der Waals surface area contributed by atoms with Crippen LogP contribution in [0.4, 0.5) is 11.6 Å². The Balaban J connectivity index is 2.11. The summed E-state index contributed by atoms with van der Waals surface area (Å²) < 4.78 is 5.15. The predicted molar refractivity (Wildman–Crippen MR) is 67.2 cm³/mol. The van der Waals surface area contributed by atoms with E-state index in [2.05, 4.69) is 20.3 Å². The van der Waals surface area contributed by atoms with Crippen molar-refractivity contribution >= 4 is 23.0 Å². The average molecular weight is 251 g/mol. The highest BCUT2D eigenvalue weighted by Crippen LogP contribution is 2.26. The number of aryl methyl sites for hydroxylation is 1. The quantitative estimate of drug-likeness (QED) is 0.855. The third-order valence-corrected chi connectivity index (χ3v) is 3.05. The van der Waals surface area contributed by atoms with Crippen LogP contribution in [-0.4, -0.2) is 22.1 Å². The number of nitrogens with zero attached hydrogens (tertiary/aromatic N) is 3. The van der Waals surface area contributed by atoms with Crippen molar-refractivity contribution in [2.24, 2.45) is 0 Å². The smallest absolute Gasteiger partial charge is 0.203 e. The number of nitrogen functional groups attached to an aromatic ring is 1. The molecule has 0 unspecified atom stereocenters. The van der Waals surface area contributed by atoms with E-state index in [1.165, 1.54) is 13.4 Å². The molecule has 0 aliphatic carbocycles. The molecule has 0 radical (unpaired) electrons. The SMILES string of the molecule is COc1c(N)ncnc1NCc1cnc(C)s1. The maximum Gasteiger partial charge on any atom is 0.203 e. The molecular weight excluding hydrogens is 238 g/mol. The van der Waals surface area contributed by atoms with E-state index in [0.29, 0.717) is 23.9 Å². The van der Waals surface area contributed by atoms with Crippen LogP contribution in [0.5, 0.6) is 5.75 Å². The molecule has 2 heterocycles. The maximum atomic E-state index is 5.68. The number of nitrogens with one attached hydrogen (secondary N) is 1. The van der Waals surface area contributed by atoms with Crippen LogP contribution in [0.1, 0.15) is 9.88 Å². The third-order valence-electron chi connectivity index (χ3n) is 2.13. The van der Waals surface area contributed by atoms with Gasteiger partial charge in [0.1, 0.15) is 6.33 Å². The van der Waals surface area contributed by atoms with Crippen molar-refractivity contribution < 1.29 is 4.74 Å². The Morgan fingerprint density at radius 3 is 2.88 bits per heavy atom. The predicted octanol–water partition coefficient (Wildman–Crippen LogP) is 1.44. The largest absolute Gasteiger partial charge is 0.490 e. The van der Waals surface area contributed by atoms with E-state index in [1.54, 1.807) is 11.3 Å². The van der Waals surface area contributed by atoms with E-state index in [0.717, 1.165) is 9.88 Å². The molecule has 2 aromatic heterocycles. The van der Waals surface area contributed by atoms with Gasteiger partial charge in [-0.3, -0.25) is 0 Å². The Labute approximate surface area is 103 Å². The highest BCUT2D eigenvalue weighted by atomic mass is 32.1. The molecule has 0 saturated heterocycles. The summed E-state index contributed by atoms with van der Waals surface area (Å²) in [6, 6.07) is 0. The second kappa shape index (κ2) is 4.96. The summed E-state index contributed by atoms with van der Waals surface area (Å²) in [5.41, 5.74) is 5.68. The van der Waals surface area contributed by atoms with Crippen LogP contribution in [-0.2, 0) is 6.54 Å². The zero-order valence-corrected chi connectivity index (χ0v) is 10.4. The lowest BCUT2D eigenvalue weighted by Gasteiger charge is -2.09. The minimum absolute atomic E-state index is 0.325. The van der Waals surface area contributed by atoms with E-state index < -0.39 is 0 Å². The van der Waals surface area contributed by atoms with Gasteiger partial charge in [-0.05, 0) is 6.92 Å². The van der Waals surface area contributed by atoms with Crippen LogP contribution in [0, 0.1) is 6.92 Å². The second-order valence-electron chi connectivity index (χ2n) is 3.34. The number of nitrogens with two attached hydrogens (primary N) is 1. The number of aromatic nitrogens is 3. The molecule has 0 bridgehead atoms. The van der Waals surface area contributed by atoms with Gasteiger partial charge in [0.05, 0.1) is 18.7 Å². The van der Waals surface area contributed by atoms with Crippen molar-refractivity contribution in [3.63, 3.8) is 0 Å². The van der Waals surface area contributed by atoms with Gasteiger partial charge in [-0.25, -0.2) is 15.0 Å². The van der Waals surface area contributed by atoms with Crippen molar-refractivity contribution in [1.29, 1.82) is 0 Å². The molecule has 17 heavy (non-hydrogen) atoms. The molecule has 0 atom stereocenters. The molecule has 7 heteroatoms. The highest BCUT2D eigenvalue weighted by molar-refractivity contribution is 7.11. The molecule has 2 rings (SSSR count). The molecule has 0 spiro atoms. The lowest BCUT2D eigenvalue weighted by atomic mass is 10.4. The molecule has 0 aliphatic rings. The maximum absolute atomic E-state index is 5.68. The summed E-state index contributed by atoms with van der Waals surface area (Å²) in [6.45, 7) is 2.61. The Morgan fingerprint density at radius 1 is 1.41 bits per heavy atom. The number of methoxy groups -OCH3 is 1. The van der Waals surface area contributed by atoms with Crippen molar-refractivity contribution in [1.82, 2.24) is 15.0 Å². The van der Waals surface area contributed by atoms with Gasteiger partial charge in [-0.15, -0.1) is 11.3 Å². The second-order valence-corrected chi connectivity index (χ2v) is 4.66. The fraction of sp³-hybridized carbons (Fsp3) is 0.300. The van der Waals surface area contributed by atoms with Gasteiger partial charge in [0.25, 0.3) is 0 Å². The lowest BCUT2D eigenvalue weighted by Crippen LogP contribution is -2.05. The Hall–Kier alpha value is -1.89. The van der Waals surface area contributed by atoms with Crippen molar-refractivity contribution in [3.05, 3.63) is 22.4 Å². The van der Waals surface area contributed by atoms with Crippen molar-refractivity contribution in [2.45, 2.75) is 13.5 Å². The van der Waals surface area contributed by atoms with Gasteiger partial charge in [0.2, 0.25) is 5.75 Å². The van der Waals surface area contributed by atoms with Crippen LogP contribution in [0.15, 0.2) is 12.5 Å². The Bertz CT molecular complexity index is 513. The Morgan fingerprint density at radius 2 is 2.24 bits per heavy atom. The highest BCUT2D eigenvalue weighted by Gasteiger charge is 2.09. The first-order valence-electron chi connectivity index (χ1n) is 5.00. The standard InChI is InChI=1S/C10H13N5OS/c1-6-12-3-7(17-6)4-13-10-8(16-2)9(11)14-5-15-10/h3,5H,4H2,1-2H3,(H3,11,13,14,15). The summed E-state index contributed by atoms with van der Waals surface area (Å²) in [5.74, 6) is 1.38. The minimum Gasteiger partial charge on any atom is -0.490 e. The number of hydrogen-bond donors (Lipinski definition) is 2. The number of rotatable bonds is 4. The van der Waals surface area contributed by atoms with Crippen LogP contribution in [0.2, 0.25) is 0 Å². The summed E-state index contributed by atoms with van der Waals surface area (Å²) in [4.78, 5) is 13.3. The van der Waals surface area contributed by atoms with E-state index in [1.807, 2.05) is 13.1 Å². The Kier molecular flexibility index (Phi) is 3.38. The summed E-state index contributed by atoms with van der Waals surface area (Å²) in [7, 11) is 1.54. The van der Waals surface area contributed by atoms with E-state index in [4.69, 9.17) is 10.5 Å². The van der Waals surface area contributed by atoms with Crippen LogP contribution in [0.25, 0.3) is 0 Å². The first-order valence-corrected chi connectivity index (χ1v) is 5.82. The van der Waals surface area contributed by atoms with E-state index in [9.17, 15) is 0 Å². The summed E-state index contributed by atoms with van der Waals surface area (Å²) in [5, 5.41) is 4.19. The molecule has 6 nitrogen and oxygen atoms in total. The van der Waals surface area contributed by atoms with Crippen LogP contribution in [0.3, 0.4) is 0 Å². The monoisotopic (exact) mass is 251 g/mol. The van der Waals surface area contributed by atoms with Gasteiger partial charge in [-0.2, -0.15) is 0 Å². The van der Waals surface area contributed by atoms with E-state index >= 15 is 0 Å². The molecule has 3 N–H and O–H groups in total. The van der Waals surface area contributed by atoms with Crippen molar-refractivity contribution in [2.75, 3.05) is 18.2 Å². The number of ether oxygens (including phenoxy) is 1. The molecule has 0 amide bonds. The fourth-order valence-corrected chi connectivity index (χ4v) is 2.11. The fourth-order valence-electron chi connectivity index (χ4n) is 1.37. The van der Waals surface area contributed by atoms with Gasteiger partial charge < -0.3 is 15.8 Å². The first-order chi connectivity index (χ1) is 8.20. The normalized spacial score (nSPS) is 10.2. The van der Waals surface area contributed by atoms with Crippen LogP contribution >= 0.6 is 11.3 Å². The summed E-state index contributed by atoms with van der Waals surface area (Å²) in [6.07, 6.45) is 3.24. The van der Waals surface area contributed by atoms with Gasteiger partial charge >= 0.3 is 0 Å². The molecule has 0 aromatic carbocycles. The minimum atomic E-state index is 0.325. The molecule has 0 saturated carbocycles. The molecule has 0 fully saturated rings. The number of thiazole rings is 1. The molecular formula is C10H13N5OS. The van der Waals surface area contributed by atoms with Crippen LogP contribution < -0.4 is 15.8 Å². The summed E-state index contributed by atoms with van der Waals surface area (Å²) >= 11 is 1.64. The molecule has 2 aromatic rings. The molecule has 0 aliphatic heterocycles.